The van der Waals surface area contributed by atoms with Gasteiger partial charge in [0.05, 0.1) is 0 Å². The highest BCUT2D eigenvalue weighted by atomic mass is 35.5. The van der Waals surface area contributed by atoms with Crippen molar-refractivity contribution in [2.45, 2.75) is 5.03 Å². The monoisotopic (exact) mass is 288 g/mol. The van der Waals surface area contributed by atoms with Crippen LogP contribution in [0.2, 0.25) is 5.28 Å². The number of nitrogens with one attached hydrogen (secondary N) is 1. The number of anilines is 1. The van der Waals surface area contributed by atoms with E-state index in [1.165, 1.54) is 24.5 Å². The van der Waals surface area contributed by atoms with E-state index in [-0.39, 0.29) is 11.1 Å². The van der Waals surface area contributed by atoms with Gasteiger partial charge in [-0.1, -0.05) is 0 Å². The van der Waals surface area contributed by atoms with Crippen LogP contribution in [0.5, 0.6) is 0 Å². The van der Waals surface area contributed by atoms with E-state index >= 15 is 0 Å². The molecule has 94 valence electrons. The lowest BCUT2D eigenvalue weighted by molar-refractivity contribution is 0.556. The van der Waals surface area contributed by atoms with Crippen molar-refractivity contribution in [3.63, 3.8) is 0 Å². The van der Waals surface area contributed by atoms with Crippen molar-refractivity contribution < 1.29 is 12.8 Å². The van der Waals surface area contributed by atoms with Gasteiger partial charge in [0.15, 0.2) is 5.82 Å². The number of pyridine rings is 1. The molecule has 2 aromatic heterocycles. The minimum Gasteiger partial charge on any atom is -0.262 e. The highest BCUT2D eigenvalue weighted by Crippen LogP contribution is 2.15. The molecule has 0 aliphatic rings. The standard InChI is InChI=1S/C9H6ClFN4O2S/c10-9-13-5-3-7(14-9)15-18(16,17)8-6(11)2-1-4-12-8/h1-5H,(H,13,14,15). The Hall–Kier alpha value is -1.80. The lowest BCUT2D eigenvalue weighted by Gasteiger charge is -2.06. The summed E-state index contributed by atoms with van der Waals surface area (Å²) in [7, 11) is -4.15. The molecule has 0 aliphatic heterocycles. The Balaban J connectivity index is 2.37. The summed E-state index contributed by atoms with van der Waals surface area (Å²) in [6.45, 7) is 0. The summed E-state index contributed by atoms with van der Waals surface area (Å²) >= 11 is 5.50. The first-order chi connectivity index (χ1) is 8.49. The molecule has 0 atom stereocenters. The van der Waals surface area contributed by atoms with Crippen LogP contribution in [-0.4, -0.2) is 23.4 Å². The van der Waals surface area contributed by atoms with Gasteiger partial charge in [-0.15, -0.1) is 0 Å². The van der Waals surface area contributed by atoms with Gasteiger partial charge in [-0.3, -0.25) is 4.72 Å². The fourth-order valence-electron chi connectivity index (χ4n) is 1.15. The SMILES string of the molecule is O=S(=O)(Nc1ccnc(Cl)n1)c1ncccc1F. The fourth-order valence-corrected chi connectivity index (χ4v) is 2.30. The van der Waals surface area contributed by atoms with Crippen molar-refractivity contribution in [2.75, 3.05) is 4.72 Å². The van der Waals surface area contributed by atoms with Crippen LogP contribution >= 0.6 is 11.6 Å². The molecule has 0 unspecified atom stereocenters. The van der Waals surface area contributed by atoms with Gasteiger partial charge in [-0.25, -0.2) is 14.4 Å². The average molecular weight is 289 g/mol. The van der Waals surface area contributed by atoms with Gasteiger partial charge in [0.25, 0.3) is 10.0 Å². The molecule has 2 heterocycles. The first-order valence-corrected chi connectivity index (χ1v) is 6.47. The second-order valence-electron chi connectivity index (χ2n) is 3.11. The minimum atomic E-state index is -4.15. The molecule has 0 saturated heterocycles. The molecule has 0 aromatic carbocycles. The van der Waals surface area contributed by atoms with Crippen molar-refractivity contribution in [3.8, 4) is 0 Å². The molecule has 18 heavy (non-hydrogen) atoms. The van der Waals surface area contributed by atoms with Crippen molar-refractivity contribution in [1.82, 2.24) is 15.0 Å². The molecule has 9 heteroatoms. The number of sulfonamides is 1. The van der Waals surface area contributed by atoms with Crippen molar-refractivity contribution >= 4 is 27.4 Å². The van der Waals surface area contributed by atoms with Crippen LogP contribution in [0, 0.1) is 5.82 Å². The summed E-state index contributed by atoms with van der Waals surface area (Å²) in [5.41, 5.74) is 0. The zero-order chi connectivity index (χ0) is 13.2. The molecular weight excluding hydrogens is 283 g/mol. The number of halogens is 2. The third-order valence-corrected chi connectivity index (χ3v) is 3.31. The van der Waals surface area contributed by atoms with E-state index < -0.39 is 20.9 Å². The minimum absolute atomic E-state index is 0.0694. The maximum Gasteiger partial charge on any atom is 0.283 e. The van der Waals surface area contributed by atoms with Crippen LogP contribution in [0.25, 0.3) is 0 Å². The number of hydrogen-bond acceptors (Lipinski definition) is 5. The molecule has 2 rings (SSSR count). The number of aromatic nitrogens is 3. The summed E-state index contributed by atoms with van der Waals surface area (Å²) in [4.78, 5) is 10.7. The fraction of sp³-hybridized carbons (Fsp3) is 0. The molecule has 0 spiro atoms. The highest BCUT2D eigenvalue weighted by molar-refractivity contribution is 7.92. The topological polar surface area (TPSA) is 84.8 Å². The van der Waals surface area contributed by atoms with E-state index in [1.54, 1.807) is 0 Å². The van der Waals surface area contributed by atoms with Crippen molar-refractivity contribution in [2.24, 2.45) is 0 Å². The number of hydrogen-bond donors (Lipinski definition) is 1. The molecule has 0 amide bonds. The summed E-state index contributed by atoms with van der Waals surface area (Å²) in [6.07, 6.45) is 2.44. The number of rotatable bonds is 3. The van der Waals surface area contributed by atoms with Gasteiger partial charge < -0.3 is 0 Å². The molecule has 0 fully saturated rings. The van der Waals surface area contributed by atoms with Crippen LogP contribution in [0.15, 0.2) is 35.6 Å². The molecule has 6 nitrogen and oxygen atoms in total. The predicted octanol–water partition coefficient (Wildman–Crippen LogP) is 1.46. The van der Waals surface area contributed by atoms with Crippen LogP contribution in [-0.2, 0) is 10.0 Å². The first kappa shape index (κ1) is 12.7. The second kappa shape index (κ2) is 4.83. The van der Waals surface area contributed by atoms with Crippen LogP contribution in [0.4, 0.5) is 10.2 Å². The van der Waals surface area contributed by atoms with Gasteiger partial charge in [0.2, 0.25) is 10.3 Å². The summed E-state index contributed by atoms with van der Waals surface area (Å²) in [6, 6.07) is 3.56. The predicted molar refractivity (Wildman–Crippen MR) is 62.0 cm³/mol. The Morgan fingerprint density at radius 2 is 2.00 bits per heavy atom. The van der Waals surface area contributed by atoms with Crippen molar-refractivity contribution in [1.29, 1.82) is 0 Å². The van der Waals surface area contributed by atoms with Crippen LogP contribution in [0.1, 0.15) is 0 Å². The summed E-state index contributed by atoms with van der Waals surface area (Å²) in [5, 5.41) is -0.837. The van der Waals surface area contributed by atoms with E-state index in [0.717, 1.165) is 6.07 Å². The Kier molecular flexibility index (Phi) is 3.39. The molecule has 2 aromatic rings. The zero-order valence-corrected chi connectivity index (χ0v) is 10.3. The van der Waals surface area contributed by atoms with E-state index in [1.807, 2.05) is 0 Å². The Morgan fingerprint density at radius 1 is 1.22 bits per heavy atom. The molecule has 0 radical (unpaired) electrons. The number of nitrogens with zero attached hydrogens (tertiary/aromatic N) is 3. The molecule has 0 aliphatic carbocycles. The summed E-state index contributed by atoms with van der Waals surface area (Å²) < 4.78 is 39.0. The Labute approximate surface area is 107 Å². The Bertz CT molecular complexity index is 680. The lowest BCUT2D eigenvalue weighted by Crippen LogP contribution is -2.17. The maximum absolute atomic E-state index is 13.3. The highest BCUT2D eigenvalue weighted by Gasteiger charge is 2.21. The third kappa shape index (κ3) is 2.71. The molecule has 0 bridgehead atoms. The van der Waals surface area contributed by atoms with Gasteiger partial charge in [0.1, 0.15) is 5.82 Å². The quantitative estimate of drug-likeness (QED) is 0.864. The molecule has 0 saturated carbocycles. The Morgan fingerprint density at radius 3 is 2.67 bits per heavy atom. The summed E-state index contributed by atoms with van der Waals surface area (Å²) in [5.74, 6) is -1.02. The zero-order valence-electron chi connectivity index (χ0n) is 8.71. The largest absolute Gasteiger partial charge is 0.283 e. The van der Waals surface area contributed by atoms with E-state index in [4.69, 9.17) is 11.6 Å². The molecule has 1 N–H and O–H groups in total. The van der Waals surface area contributed by atoms with E-state index in [2.05, 4.69) is 19.7 Å². The van der Waals surface area contributed by atoms with E-state index in [0.29, 0.717) is 0 Å². The van der Waals surface area contributed by atoms with Gasteiger partial charge in [-0.05, 0) is 29.8 Å². The van der Waals surface area contributed by atoms with E-state index in [9.17, 15) is 12.8 Å². The van der Waals surface area contributed by atoms with Crippen molar-refractivity contribution in [3.05, 3.63) is 41.7 Å². The lowest BCUT2D eigenvalue weighted by atomic mass is 10.5. The normalized spacial score (nSPS) is 11.2. The van der Waals surface area contributed by atoms with Gasteiger partial charge in [-0.2, -0.15) is 13.4 Å². The maximum atomic E-state index is 13.3. The molecular formula is C9H6ClFN4O2S. The average Bonchev–Trinajstić information content (AvgIpc) is 2.28. The first-order valence-electron chi connectivity index (χ1n) is 4.61. The second-order valence-corrected chi connectivity index (χ2v) is 5.04. The van der Waals surface area contributed by atoms with Gasteiger partial charge >= 0.3 is 0 Å². The van der Waals surface area contributed by atoms with Gasteiger partial charge in [0, 0.05) is 12.4 Å². The van der Waals surface area contributed by atoms with Crippen LogP contribution in [0.3, 0.4) is 0 Å². The smallest absolute Gasteiger partial charge is 0.262 e. The van der Waals surface area contributed by atoms with Crippen LogP contribution < -0.4 is 4.72 Å². The third-order valence-electron chi connectivity index (χ3n) is 1.84.